The van der Waals surface area contributed by atoms with E-state index in [2.05, 4.69) is 0 Å². The van der Waals surface area contributed by atoms with Crippen LogP contribution in [-0.2, 0) is 20.4 Å². The molecule has 1 aromatic heterocycles. The Morgan fingerprint density at radius 3 is 2.48 bits per heavy atom. The van der Waals surface area contributed by atoms with Crippen LogP contribution in [0.1, 0.15) is 29.0 Å². The smallest absolute Gasteiger partial charge is 0.303 e. The van der Waals surface area contributed by atoms with Gasteiger partial charge in [0, 0.05) is 25.6 Å². The first-order valence-corrected chi connectivity index (χ1v) is 9.28. The van der Waals surface area contributed by atoms with E-state index in [0.29, 0.717) is 6.42 Å². The molecule has 0 spiro atoms. The molecular formula is C17H19NO6S. The van der Waals surface area contributed by atoms with Crippen LogP contribution < -0.4 is 0 Å². The second kappa shape index (κ2) is 7.98. The van der Waals surface area contributed by atoms with E-state index in [0.717, 1.165) is 0 Å². The first-order chi connectivity index (χ1) is 11.8. The molecule has 1 heterocycles. The van der Waals surface area contributed by atoms with Gasteiger partial charge in [-0.25, -0.2) is 8.42 Å². The highest BCUT2D eigenvalue weighted by Gasteiger charge is 2.24. The van der Waals surface area contributed by atoms with Crippen molar-refractivity contribution in [3.63, 3.8) is 0 Å². The van der Waals surface area contributed by atoms with Crippen molar-refractivity contribution < 1.29 is 27.5 Å². The fraction of sp³-hybridized carbons (Fsp3) is 0.294. The molecule has 1 amide bonds. The van der Waals surface area contributed by atoms with Gasteiger partial charge in [0.25, 0.3) is 5.91 Å². The SMILES string of the molecule is CN(CCCC(=O)O)C(=O)c1occc1CS(=O)(=O)c1ccccc1. The Morgan fingerprint density at radius 1 is 1.16 bits per heavy atom. The molecular weight excluding hydrogens is 346 g/mol. The van der Waals surface area contributed by atoms with Gasteiger partial charge in [-0.3, -0.25) is 9.59 Å². The molecule has 2 rings (SSSR count). The summed E-state index contributed by atoms with van der Waals surface area (Å²) in [6.07, 6.45) is 1.52. The van der Waals surface area contributed by atoms with Crippen LogP contribution in [0, 0.1) is 0 Å². The van der Waals surface area contributed by atoms with Crippen LogP contribution in [-0.4, -0.2) is 43.9 Å². The Morgan fingerprint density at radius 2 is 1.84 bits per heavy atom. The molecule has 25 heavy (non-hydrogen) atoms. The zero-order valence-corrected chi connectivity index (χ0v) is 14.5. The third-order valence-corrected chi connectivity index (χ3v) is 5.30. The number of carboxylic acids is 1. The maximum Gasteiger partial charge on any atom is 0.303 e. The second-order valence-corrected chi connectivity index (χ2v) is 7.56. The number of carbonyl (C=O) groups excluding carboxylic acids is 1. The molecule has 0 saturated heterocycles. The van der Waals surface area contributed by atoms with E-state index < -0.39 is 21.7 Å². The van der Waals surface area contributed by atoms with Crippen molar-refractivity contribution in [2.45, 2.75) is 23.5 Å². The standard InChI is InChI=1S/C17H19NO6S/c1-18(10-5-8-15(19)20)17(21)16-13(9-11-24-16)12-25(22,23)14-6-3-2-4-7-14/h2-4,6-7,9,11H,5,8,10,12H2,1H3,(H,19,20). The third kappa shape index (κ3) is 4.93. The van der Waals surface area contributed by atoms with Gasteiger partial charge in [0.05, 0.1) is 16.9 Å². The average molecular weight is 365 g/mol. The summed E-state index contributed by atoms with van der Waals surface area (Å²) >= 11 is 0. The third-order valence-electron chi connectivity index (χ3n) is 3.62. The van der Waals surface area contributed by atoms with Gasteiger partial charge in [0.15, 0.2) is 15.6 Å². The molecule has 0 radical (unpaired) electrons. The summed E-state index contributed by atoms with van der Waals surface area (Å²) in [4.78, 5) is 24.4. The average Bonchev–Trinajstić information content (AvgIpc) is 3.01. The monoisotopic (exact) mass is 365 g/mol. The summed E-state index contributed by atoms with van der Waals surface area (Å²) in [6.45, 7) is 0.233. The molecule has 1 aromatic carbocycles. The molecule has 1 N–H and O–H groups in total. The zero-order valence-electron chi connectivity index (χ0n) is 13.7. The van der Waals surface area contributed by atoms with E-state index in [1.807, 2.05) is 0 Å². The minimum absolute atomic E-state index is 0.0441. The molecule has 0 unspecified atom stereocenters. The van der Waals surface area contributed by atoms with E-state index in [-0.39, 0.29) is 34.9 Å². The minimum atomic E-state index is -3.60. The van der Waals surface area contributed by atoms with Crippen molar-refractivity contribution in [1.29, 1.82) is 0 Å². The first-order valence-electron chi connectivity index (χ1n) is 7.62. The molecule has 8 heteroatoms. The van der Waals surface area contributed by atoms with Crippen molar-refractivity contribution in [3.05, 3.63) is 54.0 Å². The lowest BCUT2D eigenvalue weighted by Gasteiger charge is -2.16. The summed E-state index contributed by atoms with van der Waals surface area (Å²) in [5, 5.41) is 8.64. The highest BCUT2D eigenvalue weighted by atomic mass is 32.2. The quantitative estimate of drug-likeness (QED) is 0.769. The van der Waals surface area contributed by atoms with Crippen molar-refractivity contribution in [2.75, 3.05) is 13.6 Å². The van der Waals surface area contributed by atoms with Crippen LogP contribution in [0.5, 0.6) is 0 Å². The van der Waals surface area contributed by atoms with Gasteiger partial charge in [-0.1, -0.05) is 18.2 Å². The van der Waals surface area contributed by atoms with Crippen LogP contribution in [0.15, 0.2) is 52.0 Å². The number of amides is 1. The minimum Gasteiger partial charge on any atom is -0.481 e. The van der Waals surface area contributed by atoms with Gasteiger partial charge in [-0.2, -0.15) is 0 Å². The molecule has 7 nitrogen and oxygen atoms in total. The number of furan rings is 1. The molecule has 0 saturated carbocycles. The maximum atomic E-state index is 12.5. The van der Waals surface area contributed by atoms with Crippen LogP contribution in [0.3, 0.4) is 0 Å². The lowest BCUT2D eigenvalue weighted by atomic mass is 10.2. The Hall–Kier alpha value is -2.61. The van der Waals surface area contributed by atoms with E-state index in [4.69, 9.17) is 9.52 Å². The summed E-state index contributed by atoms with van der Waals surface area (Å²) in [5.41, 5.74) is 0.277. The van der Waals surface area contributed by atoms with E-state index >= 15 is 0 Å². The number of carbonyl (C=O) groups is 2. The first kappa shape index (κ1) is 18.7. The fourth-order valence-electron chi connectivity index (χ4n) is 2.30. The fourth-order valence-corrected chi connectivity index (χ4v) is 3.67. The van der Waals surface area contributed by atoms with Crippen LogP contribution >= 0.6 is 0 Å². The Kier molecular flexibility index (Phi) is 5.97. The number of benzene rings is 1. The number of hydrogen-bond acceptors (Lipinski definition) is 5. The highest BCUT2D eigenvalue weighted by Crippen LogP contribution is 2.21. The molecule has 0 bridgehead atoms. The second-order valence-electron chi connectivity index (χ2n) is 5.57. The Balaban J connectivity index is 2.12. The number of nitrogens with zero attached hydrogens (tertiary/aromatic N) is 1. The number of hydrogen-bond donors (Lipinski definition) is 1. The maximum absolute atomic E-state index is 12.5. The summed E-state index contributed by atoms with van der Waals surface area (Å²) in [7, 11) is -2.09. The van der Waals surface area contributed by atoms with Crippen LogP contribution in [0.25, 0.3) is 0 Å². The van der Waals surface area contributed by atoms with E-state index in [1.54, 1.807) is 18.2 Å². The molecule has 2 aromatic rings. The largest absolute Gasteiger partial charge is 0.481 e. The molecule has 0 atom stereocenters. The van der Waals surface area contributed by atoms with Crippen molar-refractivity contribution in [3.8, 4) is 0 Å². The summed E-state index contributed by atoms with van der Waals surface area (Å²) in [6, 6.07) is 9.43. The lowest BCUT2D eigenvalue weighted by Crippen LogP contribution is -2.28. The Bertz CT molecular complexity index is 841. The van der Waals surface area contributed by atoms with Gasteiger partial charge in [-0.05, 0) is 24.6 Å². The number of sulfone groups is 1. The van der Waals surface area contributed by atoms with Gasteiger partial charge < -0.3 is 14.4 Å². The molecule has 0 aliphatic heterocycles. The number of rotatable bonds is 8. The number of carboxylic acid groups (broad SMARTS) is 1. The van der Waals surface area contributed by atoms with Gasteiger partial charge >= 0.3 is 5.97 Å². The molecule has 0 aliphatic rings. The normalized spacial score (nSPS) is 11.2. The van der Waals surface area contributed by atoms with Crippen molar-refractivity contribution in [1.82, 2.24) is 4.90 Å². The predicted octanol–water partition coefficient (Wildman–Crippen LogP) is 2.19. The van der Waals surface area contributed by atoms with Crippen molar-refractivity contribution in [2.24, 2.45) is 0 Å². The van der Waals surface area contributed by atoms with Gasteiger partial charge in [0.2, 0.25) is 0 Å². The summed E-state index contributed by atoms with van der Waals surface area (Å²) < 4.78 is 30.1. The van der Waals surface area contributed by atoms with Crippen LogP contribution in [0.4, 0.5) is 0 Å². The molecule has 0 aliphatic carbocycles. The van der Waals surface area contributed by atoms with Crippen LogP contribution in [0.2, 0.25) is 0 Å². The van der Waals surface area contributed by atoms with E-state index in [9.17, 15) is 18.0 Å². The van der Waals surface area contributed by atoms with Gasteiger partial charge in [-0.15, -0.1) is 0 Å². The predicted molar refractivity (Wildman–Crippen MR) is 89.9 cm³/mol. The molecule has 0 fully saturated rings. The molecule has 134 valence electrons. The topological polar surface area (TPSA) is 105 Å². The van der Waals surface area contributed by atoms with E-state index in [1.165, 1.54) is 36.4 Å². The van der Waals surface area contributed by atoms with Crippen molar-refractivity contribution >= 4 is 21.7 Å². The number of aliphatic carboxylic acids is 1. The Labute approximate surface area is 145 Å². The zero-order chi connectivity index (χ0) is 18.4. The van der Waals surface area contributed by atoms with Gasteiger partial charge in [0.1, 0.15) is 0 Å². The summed E-state index contributed by atoms with van der Waals surface area (Å²) in [5.74, 6) is -1.81. The lowest BCUT2D eigenvalue weighted by molar-refractivity contribution is -0.137. The highest BCUT2D eigenvalue weighted by molar-refractivity contribution is 7.90.